The molecule has 0 aromatic carbocycles. The van der Waals surface area contributed by atoms with Crippen LogP contribution in [0.3, 0.4) is 0 Å². The summed E-state index contributed by atoms with van der Waals surface area (Å²) in [6.45, 7) is 29.5. The van der Waals surface area contributed by atoms with Crippen molar-refractivity contribution in [2.75, 3.05) is 6.54 Å². The van der Waals surface area contributed by atoms with E-state index in [2.05, 4.69) is 87.0 Å². The third-order valence-electron chi connectivity index (χ3n) is 4.77. The van der Waals surface area contributed by atoms with Gasteiger partial charge in [0.25, 0.3) is 0 Å². The summed E-state index contributed by atoms with van der Waals surface area (Å²) >= 11 is 0. The highest BCUT2D eigenvalue weighted by atomic mass is 28.4. The highest BCUT2D eigenvalue weighted by molar-refractivity contribution is 6.90. The second-order valence-corrected chi connectivity index (χ2v) is 31.9. The quantitative estimate of drug-likeness (QED) is 0.342. The Morgan fingerprint density at radius 2 is 1.12 bits per heavy atom. The molecule has 0 heterocycles. The molecule has 1 N–H and O–H groups in total. The van der Waals surface area contributed by atoms with E-state index in [0.717, 1.165) is 25.8 Å². The van der Waals surface area contributed by atoms with Gasteiger partial charge in [0, 0.05) is 0 Å². The fourth-order valence-electron chi connectivity index (χ4n) is 4.59. The van der Waals surface area contributed by atoms with E-state index in [4.69, 9.17) is 0 Å². The number of hydrogen-bond acceptors (Lipinski definition) is 3. The van der Waals surface area contributed by atoms with Crippen LogP contribution in [0.25, 0.3) is 0 Å². The van der Waals surface area contributed by atoms with Gasteiger partial charge in [-0.3, -0.25) is 4.79 Å². The Hall–Kier alpha value is 0.258. The van der Waals surface area contributed by atoms with Gasteiger partial charge < -0.3 is 13.6 Å². The van der Waals surface area contributed by atoms with Gasteiger partial charge in [-0.1, -0.05) is 85.0 Å². The number of unbranched alkanes of at least 4 members (excludes halogenated alkanes) is 1. The Morgan fingerprint density at radius 3 is 1.38 bits per heavy atom. The van der Waals surface area contributed by atoms with Crippen LogP contribution in [0.2, 0.25) is 78.6 Å². The second-order valence-electron chi connectivity index (χ2n) is 11.6. The van der Waals surface area contributed by atoms with E-state index in [9.17, 15) is 9.90 Å². The van der Waals surface area contributed by atoms with Crippen molar-refractivity contribution in [1.29, 1.82) is 0 Å². The topological polar surface area (TPSA) is 43.8 Å². The fourth-order valence-corrected chi connectivity index (χ4v) is 24.7. The molecule has 0 amide bonds. The van der Waals surface area contributed by atoms with Gasteiger partial charge in [-0.05, 0) is 19.4 Å². The van der Waals surface area contributed by atoms with Gasteiger partial charge in [0.1, 0.15) is 32.9 Å². The van der Waals surface area contributed by atoms with Crippen LogP contribution < -0.4 is 0 Å². The SMILES string of the molecule is C[Si](C)(C)N(CCCCC(C(=O)O)N([Si](C)(C)C)[Si](C)(C)C)[Si](C)(C)C. The average molecular weight is 435 g/mol. The van der Waals surface area contributed by atoms with Gasteiger partial charge in [-0.15, -0.1) is 0 Å². The molecule has 156 valence electrons. The Labute approximate surface area is 167 Å². The summed E-state index contributed by atoms with van der Waals surface area (Å²) in [6.07, 6.45) is 2.91. The lowest BCUT2D eigenvalue weighted by Gasteiger charge is -2.47. The summed E-state index contributed by atoms with van der Waals surface area (Å²) in [5, 5.41) is 9.94. The zero-order valence-corrected chi connectivity index (χ0v) is 23.7. The van der Waals surface area contributed by atoms with Gasteiger partial charge in [-0.2, -0.15) is 0 Å². The zero-order valence-electron chi connectivity index (χ0n) is 19.7. The van der Waals surface area contributed by atoms with E-state index in [1.165, 1.54) is 0 Å². The Kier molecular flexibility index (Phi) is 9.26. The zero-order chi connectivity index (χ0) is 21.1. The van der Waals surface area contributed by atoms with Crippen LogP contribution >= 0.6 is 0 Å². The van der Waals surface area contributed by atoms with Crippen LogP contribution in [0.1, 0.15) is 19.3 Å². The molecule has 4 nitrogen and oxygen atoms in total. The summed E-state index contributed by atoms with van der Waals surface area (Å²) in [5.74, 6) is -0.623. The number of carbonyl (C=O) groups is 1. The summed E-state index contributed by atoms with van der Waals surface area (Å²) in [6, 6.07) is -0.305. The molecule has 0 saturated heterocycles. The molecular formula is C18H46N2O2Si4. The molecule has 0 radical (unpaired) electrons. The maximum atomic E-state index is 12.1. The standard InChI is InChI=1S/C18H46N2O2Si4/c1-23(2,3)19(24(4,5)6)16-14-13-15-17(18(21)22)20(25(7,8)9)26(10,11)12/h17H,13-16H2,1-12H3,(H,21,22). The Balaban J connectivity index is 5.10. The Bertz CT molecular complexity index is 432. The molecule has 1 atom stereocenters. The molecule has 0 aliphatic heterocycles. The largest absolute Gasteiger partial charge is 0.480 e. The molecule has 0 bridgehead atoms. The summed E-state index contributed by atoms with van der Waals surface area (Å²) < 4.78 is 5.27. The highest BCUT2D eigenvalue weighted by Crippen LogP contribution is 2.26. The summed E-state index contributed by atoms with van der Waals surface area (Å²) in [7, 11) is -5.99. The molecule has 8 heteroatoms. The van der Waals surface area contributed by atoms with Crippen molar-refractivity contribution in [3.8, 4) is 0 Å². The van der Waals surface area contributed by atoms with E-state index in [1.807, 2.05) is 0 Å². The van der Waals surface area contributed by atoms with Crippen molar-refractivity contribution in [3.63, 3.8) is 0 Å². The minimum atomic E-state index is -1.67. The van der Waals surface area contributed by atoms with Gasteiger partial charge in [-0.25, -0.2) is 0 Å². The molecule has 26 heavy (non-hydrogen) atoms. The fraction of sp³-hybridized carbons (Fsp3) is 0.944. The molecule has 0 saturated carbocycles. The molecule has 0 rings (SSSR count). The maximum absolute atomic E-state index is 12.1. The van der Waals surface area contributed by atoms with Crippen LogP contribution in [-0.4, -0.2) is 65.1 Å². The molecule has 0 aromatic rings. The van der Waals surface area contributed by atoms with Crippen LogP contribution in [0, 0.1) is 0 Å². The average Bonchev–Trinajstić information content (AvgIpc) is 2.29. The van der Waals surface area contributed by atoms with Gasteiger partial charge >= 0.3 is 5.97 Å². The van der Waals surface area contributed by atoms with Crippen LogP contribution in [0.15, 0.2) is 0 Å². The lowest BCUT2D eigenvalue weighted by Crippen LogP contribution is -2.65. The van der Waals surface area contributed by atoms with E-state index in [1.54, 1.807) is 0 Å². The van der Waals surface area contributed by atoms with Crippen LogP contribution in [0.5, 0.6) is 0 Å². The second kappa shape index (κ2) is 9.17. The molecule has 0 aliphatic carbocycles. The highest BCUT2D eigenvalue weighted by Gasteiger charge is 2.42. The minimum Gasteiger partial charge on any atom is -0.480 e. The number of carboxylic acids is 1. The lowest BCUT2D eigenvalue weighted by atomic mass is 10.1. The first-order valence-electron chi connectivity index (χ1n) is 10.1. The number of rotatable bonds is 11. The van der Waals surface area contributed by atoms with Gasteiger partial charge in [0.2, 0.25) is 0 Å². The van der Waals surface area contributed by atoms with Crippen molar-refractivity contribution in [2.45, 2.75) is 104 Å². The van der Waals surface area contributed by atoms with Crippen LogP contribution in [0.4, 0.5) is 0 Å². The monoisotopic (exact) mass is 434 g/mol. The number of carboxylic acid groups (broad SMARTS) is 1. The summed E-state index contributed by atoms with van der Waals surface area (Å²) in [5.41, 5.74) is 0. The first-order chi connectivity index (χ1) is 11.3. The van der Waals surface area contributed by atoms with Crippen molar-refractivity contribution >= 4 is 38.9 Å². The van der Waals surface area contributed by atoms with Crippen molar-refractivity contribution < 1.29 is 9.90 Å². The molecular weight excluding hydrogens is 389 g/mol. The molecule has 0 aromatic heterocycles. The summed E-state index contributed by atoms with van der Waals surface area (Å²) in [4.78, 5) is 12.1. The molecule has 1 unspecified atom stereocenters. The van der Waals surface area contributed by atoms with E-state index in [0.29, 0.717) is 0 Å². The molecule has 0 spiro atoms. The van der Waals surface area contributed by atoms with Crippen molar-refractivity contribution in [1.82, 2.24) is 8.46 Å². The lowest BCUT2D eigenvalue weighted by molar-refractivity contribution is -0.140. The number of nitrogens with zero attached hydrogens (tertiary/aromatic N) is 2. The van der Waals surface area contributed by atoms with Crippen LogP contribution in [-0.2, 0) is 4.79 Å². The number of aliphatic carboxylic acids is 1. The third-order valence-corrected chi connectivity index (χ3v) is 20.0. The predicted molar refractivity (Wildman–Crippen MR) is 127 cm³/mol. The smallest absolute Gasteiger partial charge is 0.319 e. The normalized spacial score (nSPS) is 15.6. The van der Waals surface area contributed by atoms with Gasteiger partial charge in [0.05, 0.1) is 6.04 Å². The first-order valence-corrected chi connectivity index (χ1v) is 23.9. The van der Waals surface area contributed by atoms with E-state index >= 15 is 0 Å². The van der Waals surface area contributed by atoms with E-state index in [-0.39, 0.29) is 6.04 Å². The van der Waals surface area contributed by atoms with Gasteiger partial charge in [0.15, 0.2) is 0 Å². The van der Waals surface area contributed by atoms with Crippen molar-refractivity contribution in [3.05, 3.63) is 0 Å². The first kappa shape index (κ1) is 26.3. The maximum Gasteiger partial charge on any atom is 0.319 e. The third kappa shape index (κ3) is 8.51. The Morgan fingerprint density at radius 1 is 0.731 bits per heavy atom. The van der Waals surface area contributed by atoms with E-state index < -0.39 is 38.9 Å². The molecule has 0 aliphatic rings. The van der Waals surface area contributed by atoms with Crippen molar-refractivity contribution in [2.24, 2.45) is 0 Å². The number of hydrogen-bond donors (Lipinski definition) is 1. The molecule has 0 fully saturated rings. The predicted octanol–water partition coefficient (Wildman–Crippen LogP) is 5.55. The minimum absolute atomic E-state index is 0.305.